The molecule has 2 bridgehead atoms. The summed E-state index contributed by atoms with van der Waals surface area (Å²) < 4.78 is 5.60. The zero-order chi connectivity index (χ0) is 15.7. The lowest BCUT2D eigenvalue weighted by molar-refractivity contribution is -0.137. The number of hydrogen-bond donors (Lipinski definition) is 0. The Morgan fingerprint density at radius 2 is 2.00 bits per heavy atom. The molecular weight excluding hydrogens is 341 g/mol. The number of carbonyl (C=O) groups excluding carboxylic acids is 1. The third kappa shape index (κ3) is 3.34. The van der Waals surface area contributed by atoms with Crippen LogP contribution >= 0.6 is 35.0 Å². The standard InChI is InChI=1S/C16H19Cl2NO2S/c1-22-13-7-11-3-4-12(8-13)19(11)16(20)9-21-15-5-2-10(17)6-14(15)18/h2,5-6,11-13H,3-4,7-9H2,1H3. The first-order valence-corrected chi connectivity index (χ1v) is 9.54. The maximum atomic E-state index is 12.5. The van der Waals surface area contributed by atoms with E-state index in [1.165, 1.54) is 0 Å². The van der Waals surface area contributed by atoms with Crippen molar-refractivity contribution < 1.29 is 9.53 Å². The fraction of sp³-hybridized carbons (Fsp3) is 0.562. The number of nitrogens with zero attached hydrogens (tertiary/aromatic N) is 1. The Morgan fingerprint density at radius 3 is 2.59 bits per heavy atom. The monoisotopic (exact) mass is 359 g/mol. The third-order valence-corrected chi connectivity index (χ3v) is 6.14. The van der Waals surface area contributed by atoms with Gasteiger partial charge in [-0.15, -0.1) is 0 Å². The van der Waals surface area contributed by atoms with Gasteiger partial charge in [0.15, 0.2) is 6.61 Å². The Labute approximate surface area is 145 Å². The van der Waals surface area contributed by atoms with E-state index in [-0.39, 0.29) is 12.5 Å². The highest BCUT2D eigenvalue weighted by molar-refractivity contribution is 7.99. The molecule has 1 aromatic rings. The summed E-state index contributed by atoms with van der Waals surface area (Å²) in [7, 11) is 0. The quantitative estimate of drug-likeness (QED) is 0.804. The van der Waals surface area contributed by atoms with Gasteiger partial charge >= 0.3 is 0 Å². The molecule has 0 aromatic heterocycles. The maximum absolute atomic E-state index is 12.5. The third-order valence-electron chi connectivity index (χ3n) is 4.56. The largest absolute Gasteiger partial charge is 0.482 e. The molecule has 2 atom stereocenters. The van der Waals surface area contributed by atoms with Crippen molar-refractivity contribution in [2.24, 2.45) is 0 Å². The topological polar surface area (TPSA) is 29.5 Å². The first-order chi connectivity index (χ1) is 10.6. The summed E-state index contributed by atoms with van der Waals surface area (Å²) in [6.07, 6.45) is 6.60. The van der Waals surface area contributed by atoms with Crippen molar-refractivity contribution in [1.29, 1.82) is 0 Å². The van der Waals surface area contributed by atoms with Gasteiger partial charge < -0.3 is 9.64 Å². The van der Waals surface area contributed by atoms with Crippen LogP contribution in [0.1, 0.15) is 25.7 Å². The average molecular weight is 360 g/mol. The SMILES string of the molecule is CSC1CC2CCC(C1)N2C(=O)COc1ccc(Cl)cc1Cl. The Balaban J connectivity index is 1.61. The van der Waals surface area contributed by atoms with E-state index >= 15 is 0 Å². The number of amides is 1. The van der Waals surface area contributed by atoms with Crippen molar-refractivity contribution in [2.75, 3.05) is 12.9 Å². The molecule has 6 heteroatoms. The van der Waals surface area contributed by atoms with Crippen LogP contribution in [0, 0.1) is 0 Å². The number of piperidine rings is 1. The summed E-state index contributed by atoms with van der Waals surface area (Å²) in [5, 5.41) is 1.68. The number of rotatable bonds is 4. The molecule has 0 saturated carbocycles. The maximum Gasteiger partial charge on any atom is 0.261 e. The van der Waals surface area contributed by atoms with Gasteiger partial charge in [0, 0.05) is 22.4 Å². The van der Waals surface area contributed by atoms with Gasteiger partial charge in [-0.2, -0.15) is 11.8 Å². The molecule has 0 radical (unpaired) electrons. The van der Waals surface area contributed by atoms with Crippen LogP contribution in [0.3, 0.4) is 0 Å². The van der Waals surface area contributed by atoms with Gasteiger partial charge in [-0.3, -0.25) is 4.79 Å². The van der Waals surface area contributed by atoms with Crippen LogP contribution in [0.15, 0.2) is 18.2 Å². The van der Waals surface area contributed by atoms with Gasteiger partial charge in [-0.05, 0) is 50.1 Å². The van der Waals surface area contributed by atoms with E-state index in [1.807, 2.05) is 11.8 Å². The van der Waals surface area contributed by atoms with Gasteiger partial charge in [0.1, 0.15) is 5.75 Å². The van der Waals surface area contributed by atoms with Crippen molar-refractivity contribution in [3.8, 4) is 5.75 Å². The molecule has 2 heterocycles. The molecule has 3 nitrogen and oxygen atoms in total. The molecule has 1 amide bonds. The van der Waals surface area contributed by atoms with E-state index in [1.54, 1.807) is 18.2 Å². The van der Waals surface area contributed by atoms with Crippen molar-refractivity contribution in [3.05, 3.63) is 28.2 Å². The highest BCUT2D eigenvalue weighted by atomic mass is 35.5. The molecule has 0 spiro atoms. The van der Waals surface area contributed by atoms with Crippen molar-refractivity contribution >= 4 is 40.9 Å². The summed E-state index contributed by atoms with van der Waals surface area (Å²) in [5.41, 5.74) is 0. The zero-order valence-electron chi connectivity index (χ0n) is 12.4. The van der Waals surface area contributed by atoms with Gasteiger partial charge in [0.25, 0.3) is 5.91 Å². The van der Waals surface area contributed by atoms with Gasteiger partial charge in [-0.1, -0.05) is 23.2 Å². The first-order valence-electron chi connectivity index (χ1n) is 7.50. The Morgan fingerprint density at radius 1 is 1.32 bits per heavy atom. The summed E-state index contributed by atoms with van der Waals surface area (Å²) in [6.45, 7) is 0.0400. The highest BCUT2D eigenvalue weighted by Crippen LogP contribution is 2.39. The molecule has 2 fully saturated rings. The predicted molar refractivity (Wildman–Crippen MR) is 92.2 cm³/mol. The molecule has 0 N–H and O–H groups in total. The van der Waals surface area contributed by atoms with E-state index < -0.39 is 0 Å². The Hall–Kier alpha value is -0.580. The van der Waals surface area contributed by atoms with E-state index in [0.717, 1.165) is 25.7 Å². The van der Waals surface area contributed by atoms with E-state index in [9.17, 15) is 4.79 Å². The second kappa shape index (κ2) is 6.90. The van der Waals surface area contributed by atoms with Crippen LogP contribution in [0.25, 0.3) is 0 Å². The zero-order valence-corrected chi connectivity index (χ0v) is 14.8. The number of ether oxygens (including phenoxy) is 1. The molecule has 2 unspecified atom stereocenters. The summed E-state index contributed by atoms with van der Waals surface area (Å²) in [4.78, 5) is 14.6. The van der Waals surface area contributed by atoms with Crippen molar-refractivity contribution in [1.82, 2.24) is 4.90 Å². The predicted octanol–water partition coefficient (Wildman–Crippen LogP) is 4.26. The number of halogens is 2. The molecule has 1 aromatic carbocycles. The fourth-order valence-electron chi connectivity index (χ4n) is 3.53. The van der Waals surface area contributed by atoms with Crippen molar-refractivity contribution in [3.63, 3.8) is 0 Å². The number of thioether (sulfide) groups is 1. The van der Waals surface area contributed by atoms with Crippen LogP contribution < -0.4 is 4.74 Å². The van der Waals surface area contributed by atoms with Gasteiger partial charge in [0.2, 0.25) is 0 Å². The molecule has 120 valence electrons. The van der Waals surface area contributed by atoms with Crippen LogP contribution in [0.4, 0.5) is 0 Å². The minimum absolute atomic E-state index is 0.0400. The van der Waals surface area contributed by atoms with Crippen LogP contribution in [0.2, 0.25) is 10.0 Å². The van der Waals surface area contributed by atoms with Crippen LogP contribution in [-0.4, -0.2) is 41.0 Å². The van der Waals surface area contributed by atoms with E-state index in [4.69, 9.17) is 27.9 Å². The van der Waals surface area contributed by atoms with Crippen LogP contribution in [0.5, 0.6) is 5.75 Å². The Kier molecular flexibility index (Phi) is 5.10. The lowest BCUT2D eigenvalue weighted by Crippen LogP contribution is -2.49. The van der Waals surface area contributed by atoms with Gasteiger partial charge in [-0.25, -0.2) is 0 Å². The molecular formula is C16H19Cl2NO2S. The summed E-state index contributed by atoms with van der Waals surface area (Å²) in [6, 6.07) is 5.80. The number of benzene rings is 1. The first kappa shape index (κ1) is 16.3. The van der Waals surface area contributed by atoms with Crippen molar-refractivity contribution in [2.45, 2.75) is 43.0 Å². The number of fused-ring (bicyclic) bond motifs is 2. The minimum atomic E-state index is 0.0400. The molecule has 22 heavy (non-hydrogen) atoms. The summed E-state index contributed by atoms with van der Waals surface area (Å²) in [5.74, 6) is 0.573. The molecule has 2 aliphatic rings. The van der Waals surface area contributed by atoms with E-state index in [0.29, 0.717) is 33.1 Å². The molecule has 2 aliphatic heterocycles. The minimum Gasteiger partial charge on any atom is -0.482 e. The number of hydrogen-bond acceptors (Lipinski definition) is 3. The molecule has 0 aliphatic carbocycles. The summed E-state index contributed by atoms with van der Waals surface area (Å²) >= 11 is 13.8. The lowest BCUT2D eigenvalue weighted by Gasteiger charge is -2.38. The average Bonchev–Trinajstić information content (AvgIpc) is 2.76. The fourth-order valence-corrected chi connectivity index (χ4v) is 4.83. The molecule has 2 saturated heterocycles. The number of carbonyl (C=O) groups is 1. The highest BCUT2D eigenvalue weighted by Gasteiger charge is 2.42. The normalized spacial score (nSPS) is 27.0. The second-order valence-electron chi connectivity index (χ2n) is 5.88. The Bertz CT molecular complexity index is 555. The lowest BCUT2D eigenvalue weighted by atomic mass is 10.0. The van der Waals surface area contributed by atoms with E-state index in [2.05, 4.69) is 11.2 Å². The van der Waals surface area contributed by atoms with Crippen LogP contribution in [-0.2, 0) is 4.79 Å². The van der Waals surface area contributed by atoms with Gasteiger partial charge in [0.05, 0.1) is 5.02 Å². The molecule has 3 rings (SSSR count). The smallest absolute Gasteiger partial charge is 0.261 e. The second-order valence-corrected chi connectivity index (χ2v) is 7.86.